The van der Waals surface area contributed by atoms with Gasteiger partial charge in [0.15, 0.2) is 0 Å². The lowest BCUT2D eigenvalue weighted by Crippen LogP contribution is -2.29. The van der Waals surface area contributed by atoms with Gasteiger partial charge in [-0.1, -0.05) is 48.9 Å². The molecule has 1 heterocycles. The van der Waals surface area contributed by atoms with Crippen molar-refractivity contribution in [3.8, 4) is 11.5 Å². The molecule has 180 valence electrons. The third-order valence-corrected chi connectivity index (χ3v) is 5.83. The van der Waals surface area contributed by atoms with Crippen LogP contribution in [0.2, 0.25) is 5.02 Å². The Morgan fingerprint density at radius 3 is 2.37 bits per heavy atom. The maximum Gasteiger partial charge on any atom is 0.300 e. The molecular formula is C28H26ClNO5. The third-order valence-electron chi connectivity index (χ3n) is 5.60. The van der Waals surface area contributed by atoms with Gasteiger partial charge in [0.25, 0.3) is 11.7 Å². The normalized spacial score (nSPS) is 17.0. The second-order valence-corrected chi connectivity index (χ2v) is 8.47. The molecule has 35 heavy (non-hydrogen) atoms. The van der Waals surface area contributed by atoms with Gasteiger partial charge in [0.05, 0.1) is 24.8 Å². The molecule has 0 aliphatic carbocycles. The van der Waals surface area contributed by atoms with Gasteiger partial charge in [0.2, 0.25) is 0 Å². The SMILES string of the molecule is CCCOc1cccc(/C(O)=C2\C(=O)C(=O)N(c3cccc(Cl)c3)C2c2cccc(OCC)c2)c1. The number of Topliss-reactive ketones (excluding diaryl/α,β-unsaturated/α-hetero) is 1. The van der Waals surface area contributed by atoms with E-state index in [-0.39, 0.29) is 11.3 Å². The van der Waals surface area contributed by atoms with Crippen LogP contribution in [-0.2, 0) is 9.59 Å². The van der Waals surface area contributed by atoms with Gasteiger partial charge in [-0.2, -0.15) is 0 Å². The summed E-state index contributed by atoms with van der Waals surface area (Å²) in [5, 5.41) is 11.8. The molecule has 0 saturated carbocycles. The van der Waals surface area contributed by atoms with Gasteiger partial charge >= 0.3 is 0 Å². The van der Waals surface area contributed by atoms with Crippen molar-refractivity contribution < 1.29 is 24.2 Å². The van der Waals surface area contributed by atoms with Crippen molar-refractivity contribution in [2.45, 2.75) is 26.3 Å². The average Bonchev–Trinajstić information content (AvgIpc) is 3.13. The highest BCUT2D eigenvalue weighted by atomic mass is 35.5. The average molecular weight is 492 g/mol. The smallest absolute Gasteiger partial charge is 0.300 e. The van der Waals surface area contributed by atoms with E-state index in [1.807, 2.05) is 13.8 Å². The van der Waals surface area contributed by atoms with Gasteiger partial charge in [0, 0.05) is 16.3 Å². The number of aliphatic hydroxyl groups is 1. The van der Waals surface area contributed by atoms with Crippen LogP contribution in [0.1, 0.15) is 37.4 Å². The number of aliphatic hydroxyl groups excluding tert-OH is 1. The summed E-state index contributed by atoms with van der Waals surface area (Å²) in [6.45, 7) is 4.85. The molecule has 3 aromatic rings. The fraction of sp³-hybridized carbons (Fsp3) is 0.214. The summed E-state index contributed by atoms with van der Waals surface area (Å²) in [6.07, 6.45) is 0.830. The molecule has 0 bridgehead atoms. The topological polar surface area (TPSA) is 76.1 Å². The Hall–Kier alpha value is -3.77. The third kappa shape index (κ3) is 5.03. The number of nitrogens with zero attached hydrogens (tertiary/aromatic N) is 1. The van der Waals surface area contributed by atoms with E-state index < -0.39 is 17.7 Å². The van der Waals surface area contributed by atoms with Crippen LogP contribution >= 0.6 is 11.6 Å². The highest BCUT2D eigenvalue weighted by Gasteiger charge is 2.47. The van der Waals surface area contributed by atoms with E-state index in [0.29, 0.717) is 46.5 Å². The van der Waals surface area contributed by atoms with Crippen LogP contribution in [-0.4, -0.2) is 30.0 Å². The monoisotopic (exact) mass is 491 g/mol. The summed E-state index contributed by atoms with van der Waals surface area (Å²) in [5.41, 5.74) is 1.44. The lowest BCUT2D eigenvalue weighted by Gasteiger charge is -2.26. The molecule has 1 N–H and O–H groups in total. The maximum absolute atomic E-state index is 13.3. The van der Waals surface area contributed by atoms with Crippen molar-refractivity contribution in [2.24, 2.45) is 0 Å². The van der Waals surface area contributed by atoms with Gasteiger partial charge in [0.1, 0.15) is 17.3 Å². The molecule has 1 saturated heterocycles. The summed E-state index contributed by atoms with van der Waals surface area (Å²) in [5.74, 6) is -0.652. The number of halogens is 1. The molecular weight excluding hydrogens is 466 g/mol. The van der Waals surface area contributed by atoms with E-state index in [9.17, 15) is 14.7 Å². The predicted octanol–water partition coefficient (Wildman–Crippen LogP) is 6.15. The van der Waals surface area contributed by atoms with Crippen LogP contribution in [0.15, 0.2) is 78.4 Å². The number of hydrogen-bond donors (Lipinski definition) is 1. The molecule has 6 nitrogen and oxygen atoms in total. The highest BCUT2D eigenvalue weighted by Crippen LogP contribution is 2.43. The fourth-order valence-electron chi connectivity index (χ4n) is 4.09. The van der Waals surface area contributed by atoms with Gasteiger partial charge < -0.3 is 14.6 Å². The standard InChI is InChI=1S/C28H26ClNO5/c1-3-14-35-23-13-6-9-19(16-23)26(31)24-25(18-8-5-12-22(15-18)34-4-2)30(28(33)27(24)32)21-11-7-10-20(29)17-21/h5-13,15-17,25,31H,3-4,14H2,1-2H3/b26-24+. The minimum Gasteiger partial charge on any atom is -0.507 e. The Morgan fingerprint density at radius 1 is 0.943 bits per heavy atom. The Balaban J connectivity index is 1.90. The summed E-state index contributed by atoms with van der Waals surface area (Å²) in [7, 11) is 0. The minimum absolute atomic E-state index is 0.0173. The molecule has 1 amide bonds. The number of anilines is 1. The molecule has 1 fully saturated rings. The van der Waals surface area contributed by atoms with Crippen molar-refractivity contribution >= 4 is 34.7 Å². The molecule has 3 aromatic carbocycles. The van der Waals surface area contributed by atoms with Gasteiger partial charge in [-0.25, -0.2) is 0 Å². The number of amides is 1. The van der Waals surface area contributed by atoms with Crippen molar-refractivity contribution in [3.05, 3.63) is 94.5 Å². The van der Waals surface area contributed by atoms with Crippen LogP contribution in [0.25, 0.3) is 5.76 Å². The Bertz CT molecular complexity index is 1290. The Kier molecular flexibility index (Phi) is 7.42. The Morgan fingerprint density at radius 2 is 1.66 bits per heavy atom. The maximum atomic E-state index is 13.3. The fourth-order valence-corrected chi connectivity index (χ4v) is 4.27. The molecule has 1 unspecified atom stereocenters. The summed E-state index contributed by atoms with van der Waals surface area (Å²) in [4.78, 5) is 28.0. The zero-order chi connectivity index (χ0) is 24.9. The second kappa shape index (κ2) is 10.7. The zero-order valence-corrected chi connectivity index (χ0v) is 20.3. The van der Waals surface area contributed by atoms with Crippen molar-refractivity contribution in [1.82, 2.24) is 0 Å². The van der Waals surface area contributed by atoms with Crippen LogP contribution < -0.4 is 14.4 Å². The van der Waals surface area contributed by atoms with Crippen molar-refractivity contribution in [3.63, 3.8) is 0 Å². The number of ether oxygens (including phenoxy) is 2. The van der Waals surface area contributed by atoms with Crippen molar-refractivity contribution in [2.75, 3.05) is 18.1 Å². The van der Waals surface area contributed by atoms with E-state index in [1.165, 1.54) is 4.90 Å². The molecule has 1 aliphatic rings. The number of rotatable bonds is 8. The van der Waals surface area contributed by atoms with E-state index in [1.54, 1.807) is 72.8 Å². The van der Waals surface area contributed by atoms with E-state index in [2.05, 4.69) is 0 Å². The van der Waals surface area contributed by atoms with Crippen LogP contribution in [0.4, 0.5) is 5.69 Å². The van der Waals surface area contributed by atoms with Crippen molar-refractivity contribution in [1.29, 1.82) is 0 Å². The number of benzene rings is 3. The number of carbonyl (C=O) groups is 2. The predicted molar refractivity (Wildman–Crippen MR) is 136 cm³/mol. The first-order valence-electron chi connectivity index (χ1n) is 11.5. The van der Waals surface area contributed by atoms with Gasteiger partial charge in [-0.15, -0.1) is 0 Å². The minimum atomic E-state index is -0.880. The lowest BCUT2D eigenvalue weighted by atomic mass is 9.95. The zero-order valence-electron chi connectivity index (χ0n) is 19.5. The Labute approximate surface area is 209 Å². The molecule has 1 atom stereocenters. The number of carbonyl (C=O) groups excluding carboxylic acids is 2. The van der Waals surface area contributed by atoms with Crippen LogP contribution in [0.3, 0.4) is 0 Å². The van der Waals surface area contributed by atoms with E-state index >= 15 is 0 Å². The van der Waals surface area contributed by atoms with Gasteiger partial charge in [-0.05, 0) is 61.4 Å². The highest BCUT2D eigenvalue weighted by molar-refractivity contribution is 6.51. The lowest BCUT2D eigenvalue weighted by molar-refractivity contribution is -0.132. The molecule has 1 aliphatic heterocycles. The summed E-state index contributed by atoms with van der Waals surface area (Å²) in [6, 6.07) is 19.8. The van der Waals surface area contributed by atoms with E-state index in [0.717, 1.165) is 6.42 Å². The second-order valence-electron chi connectivity index (χ2n) is 8.03. The largest absolute Gasteiger partial charge is 0.507 e. The molecule has 0 aromatic heterocycles. The molecule has 0 radical (unpaired) electrons. The molecule has 4 rings (SSSR count). The first-order chi connectivity index (χ1) is 16.9. The van der Waals surface area contributed by atoms with Crippen LogP contribution in [0.5, 0.6) is 11.5 Å². The molecule has 0 spiro atoms. The molecule has 7 heteroatoms. The first-order valence-corrected chi connectivity index (χ1v) is 11.8. The van der Waals surface area contributed by atoms with Gasteiger partial charge in [-0.3, -0.25) is 14.5 Å². The first kappa shape index (κ1) is 24.4. The van der Waals surface area contributed by atoms with Crippen LogP contribution in [0, 0.1) is 0 Å². The van der Waals surface area contributed by atoms with E-state index in [4.69, 9.17) is 21.1 Å². The number of ketones is 1. The summed E-state index contributed by atoms with van der Waals surface area (Å²) >= 11 is 6.20. The quantitative estimate of drug-likeness (QED) is 0.232. The summed E-state index contributed by atoms with van der Waals surface area (Å²) < 4.78 is 11.3. The number of hydrogen-bond acceptors (Lipinski definition) is 5.